The number of carbonyl (C=O) groups is 4. The van der Waals surface area contributed by atoms with Crippen LogP contribution in [0.2, 0.25) is 0 Å². The summed E-state index contributed by atoms with van der Waals surface area (Å²) < 4.78 is 0. The van der Waals surface area contributed by atoms with Crippen LogP contribution in [0.15, 0.2) is 23.3 Å². The molecule has 0 bridgehead atoms. The van der Waals surface area contributed by atoms with Gasteiger partial charge in [-0.1, -0.05) is 12.2 Å². The van der Waals surface area contributed by atoms with Crippen molar-refractivity contribution in [3.63, 3.8) is 0 Å². The molecule has 0 radical (unpaired) electrons. The average molecular weight is 338 g/mol. The normalized spacial score (nSPS) is 30.0. The van der Waals surface area contributed by atoms with Gasteiger partial charge in [0.1, 0.15) is 5.41 Å². The molecule has 0 fully saturated rings. The molecule has 24 heavy (non-hydrogen) atoms. The van der Waals surface area contributed by atoms with E-state index >= 15 is 0 Å². The van der Waals surface area contributed by atoms with E-state index < -0.39 is 52.3 Å². The van der Waals surface area contributed by atoms with Gasteiger partial charge in [0.2, 0.25) is 0 Å². The second-order valence-electron chi connectivity index (χ2n) is 6.05. The van der Waals surface area contributed by atoms with Gasteiger partial charge in [-0.2, -0.15) is 0 Å². The van der Waals surface area contributed by atoms with Crippen LogP contribution >= 0.6 is 0 Å². The second-order valence-corrected chi connectivity index (χ2v) is 6.05. The van der Waals surface area contributed by atoms with Gasteiger partial charge in [0.15, 0.2) is 0 Å². The molecule has 4 N–H and O–H groups in total. The van der Waals surface area contributed by atoms with Gasteiger partial charge in [0, 0.05) is 5.57 Å². The highest BCUT2D eigenvalue weighted by atomic mass is 16.4. The molecule has 8 nitrogen and oxygen atoms in total. The van der Waals surface area contributed by atoms with Gasteiger partial charge in [0.25, 0.3) is 0 Å². The van der Waals surface area contributed by atoms with Crippen molar-refractivity contribution >= 4 is 23.9 Å². The fourth-order valence-electron chi connectivity index (χ4n) is 4.03. The quantitative estimate of drug-likeness (QED) is 0.549. The summed E-state index contributed by atoms with van der Waals surface area (Å²) in [5.74, 6) is -8.49. The van der Waals surface area contributed by atoms with E-state index in [1.165, 1.54) is 0 Å². The molecular formula is C16H18O8. The predicted octanol–water partition coefficient (Wildman–Crippen LogP) is 1.37. The molecule has 0 aromatic heterocycles. The van der Waals surface area contributed by atoms with Crippen molar-refractivity contribution in [2.24, 2.45) is 17.3 Å². The van der Waals surface area contributed by atoms with Crippen LogP contribution in [0.3, 0.4) is 0 Å². The van der Waals surface area contributed by atoms with Gasteiger partial charge >= 0.3 is 23.9 Å². The van der Waals surface area contributed by atoms with Crippen LogP contribution < -0.4 is 0 Å². The molecule has 8 heteroatoms. The summed E-state index contributed by atoms with van der Waals surface area (Å²) in [5, 5.41) is 38.3. The third-order valence-electron chi connectivity index (χ3n) is 4.99. The van der Waals surface area contributed by atoms with E-state index in [2.05, 4.69) is 0 Å². The molecule has 0 aromatic rings. The maximum atomic E-state index is 12.2. The lowest BCUT2D eigenvalue weighted by Gasteiger charge is -2.45. The van der Waals surface area contributed by atoms with Crippen molar-refractivity contribution < 1.29 is 39.6 Å². The summed E-state index contributed by atoms with van der Waals surface area (Å²) in [6, 6.07) is 0. The van der Waals surface area contributed by atoms with Crippen LogP contribution in [0.4, 0.5) is 0 Å². The van der Waals surface area contributed by atoms with E-state index in [-0.39, 0.29) is 25.7 Å². The van der Waals surface area contributed by atoms with Crippen molar-refractivity contribution in [1.82, 2.24) is 0 Å². The maximum absolute atomic E-state index is 12.2. The Morgan fingerprint density at radius 3 is 2.04 bits per heavy atom. The van der Waals surface area contributed by atoms with Gasteiger partial charge in [0.05, 0.1) is 11.5 Å². The molecular weight excluding hydrogens is 320 g/mol. The summed E-state index contributed by atoms with van der Waals surface area (Å²) in [4.78, 5) is 47.2. The minimum absolute atomic E-state index is 0.194. The second kappa shape index (κ2) is 6.46. The Bertz CT molecular complexity index is 659. The zero-order valence-electron chi connectivity index (χ0n) is 12.8. The number of hydrogen-bond acceptors (Lipinski definition) is 4. The van der Waals surface area contributed by atoms with Gasteiger partial charge in [-0.3, -0.25) is 9.59 Å². The molecule has 3 atom stereocenters. The minimum atomic E-state index is -2.26. The van der Waals surface area contributed by atoms with E-state index in [1.54, 1.807) is 6.08 Å². The highest BCUT2D eigenvalue weighted by Crippen LogP contribution is 2.54. The van der Waals surface area contributed by atoms with Crippen molar-refractivity contribution in [3.05, 3.63) is 23.3 Å². The van der Waals surface area contributed by atoms with Crippen molar-refractivity contribution in [3.8, 4) is 0 Å². The Hall–Kier alpha value is -2.64. The lowest BCUT2D eigenvalue weighted by Crippen LogP contribution is -2.54. The highest BCUT2D eigenvalue weighted by Gasteiger charge is 2.61. The lowest BCUT2D eigenvalue weighted by atomic mass is 9.54. The Morgan fingerprint density at radius 1 is 0.958 bits per heavy atom. The largest absolute Gasteiger partial charge is 0.481 e. The summed E-state index contributed by atoms with van der Waals surface area (Å²) in [6.45, 7) is 0. The third kappa shape index (κ3) is 2.57. The molecule has 3 unspecified atom stereocenters. The Balaban J connectivity index is 2.82. The van der Waals surface area contributed by atoms with Gasteiger partial charge < -0.3 is 20.4 Å². The fourth-order valence-corrected chi connectivity index (χ4v) is 4.03. The van der Waals surface area contributed by atoms with Crippen LogP contribution in [0, 0.1) is 17.3 Å². The first kappa shape index (κ1) is 17.7. The van der Waals surface area contributed by atoms with Gasteiger partial charge in [-0.05, 0) is 38.0 Å². The first-order chi connectivity index (χ1) is 11.2. The van der Waals surface area contributed by atoms with Crippen LogP contribution in [0.1, 0.15) is 32.1 Å². The first-order valence-corrected chi connectivity index (χ1v) is 7.56. The molecule has 2 aliphatic carbocycles. The predicted molar refractivity (Wildman–Crippen MR) is 79.2 cm³/mol. The molecule has 0 heterocycles. The van der Waals surface area contributed by atoms with E-state index in [0.717, 1.165) is 0 Å². The Kier molecular flexibility index (Phi) is 4.77. The van der Waals surface area contributed by atoms with Crippen LogP contribution in [0.25, 0.3) is 0 Å². The van der Waals surface area contributed by atoms with E-state index in [0.29, 0.717) is 6.42 Å². The van der Waals surface area contributed by atoms with E-state index in [9.17, 15) is 39.6 Å². The topological polar surface area (TPSA) is 149 Å². The summed E-state index contributed by atoms with van der Waals surface area (Å²) in [5.41, 5.74) is -3.56. The zero-order chi connectivity index (χ0) is 18.1. The van der Waals surface area contributed by atoms with E-state index in [4.69, 9.17) is 0 Å². The fraction of sp³-hybridized carbons (Fsp3) is 0.500. The molecule has 0 aromatic carbocycles. The highest BCUT2D eigenvalue weighted by molar-refractivity contribution is 6.06. The molecule has 0 saturated carbocycles. The van der Waals surface area contributed by atoms with E-state index in [1.807, 2.05) is 6.08 Å². The average Bonchev–Trinajstić information content (AvgIpc) is 2.53. The van der Waals surface area contributed by atoms with Gasteiger partial charge in [-0.25, -0.2) is 9.59 Å². The summed E-state index contributed by atoms with van der Waals surface area (Å²) in [6.07, 6.45) is 3.96. The van der Waals surface area contributed by atoms with Crippen molar-refractivity contribution in [1.29, 1.82) is 0 Å². The van der Waals surface area contributed by atoms with Crippen LogP contribution in [0.5, 0.6) is 0 Å². The maximum Gasteiger partial charge on any atom is 0.333 e. The Labute approximate surface area is 137 Å². The van der Waals surface area contributed by atoms with Crippen LogP contribution in [-0.4, -0.2) is 44.3 Å². The summed E-state index contributed by atoms with van der Waals surface area (Å²) in [7, 11) is 0. The van der Waals surface area contributed by atoms with Crippen molar-refractivity contribution in [2.45, 2.75) is 32.1 Å². The number of aliphatic carboxylic acids is 4. The number of carboxylic acid groups (broad SMARTS) is 4. The monoisotopic (exact) mass is 338 g/mol. The first-order valence-electron chi connectivity index (χ1n) is 7.56. The number of rotatable bonds is 5. The standard InChI is InChI=1S/C16H18O8/c17-12(18)9-6-7-10(13(19)20)16(15(23)24,11(9)14(21)22)8-4-2-1-3-5-8/h1-2,8,10H,3-7H2,(H,17,18)(H,19,20)(H,21,22)(H,23,24). The number of allylic oxidation sites excluding steroid dienone is 2. The minimum Gasteiger partial charge on any atom is -0.481 e. The molecule has 0 spiro atoms. The lowest BCUT2D eigenvalue weighted by molar-refractivity contribution is -0.168. The molecule has 130 valence electrons. The molecule has 0 saturated heterocycles. The molecule has 2 rings (SSSR count). The SMILES string of the molecule is O=C(O)C1=C(C(=O)O)C(C(=O)O)(C2CC=CCC2)C(C(=O)O)CC1. The molecule has 0 amide bonds. The van der Waals surface area contributed by atoms with Gasteiger partial charge in [-0.15, -0.1) is 0 Å². The molecule has 0 aliphatic heterocycles. The van der Waals surface area contributed by atoms with Crippen molar-refractivity contribution in [2.75, 3.05) is 0 Å². The smallest absolute Gasteiger partial charge is 0.333 e. The number of hydrogen-bond donors (Lipinski definition) is 4. The summed E-state index contributed by atoms with van der Waals surface area (Å²) >= 11 is 0. The zero-order valence-corrected chi connectivity index (χ0v) is 12.8. The van der Waals surface area contributed by atoms with Crippen LogP contribution in [-0.2, 0) is 19.2 Å². The molecule has 2 aliphatic rings. The number of carboxylic acids is 4. The third-order valence-corrected chi connectivity index (χ3v) is 4.99. The Morgan fingerprint density at radius 2 is 1.62 bits per heavy atom.